The Morgan fingerprint density at radius 1 is 1.42 bits per heavy atom. The Balaban J connectivity index is 2.29. The number of carbonyl (C=O) groups excluding carboxylic acids is 1. The van der Waals surface area contributed by atoms with E-state index in [0.29, 0.717) is 5.41 Å². The summed E-state index contributed by atoms with van der Waals surface area (Å²) in [6.45, 7) is 8.43. The van der Waals surface area contributed by atoms with Gasteiger partial charge in [0.2, 0.25) is 5.91 Å². The van der Waals surface area contributed by atoms with E-state index < -0.39 is 0 Å². The fourth-order valence-corrected chi connectivity index (χ4v) is 1.86. The van der Waals surface area contributed by atoms with Crippen LogP contribution in [0.2, 0.25) is 0 Å². The minimum Gasteiger partial charge on any atom is -0.354 e. The Hall–Kier alpha value is -0.530. The first-order valence-electron chi connectivity index (χ1n) is 4.71. The Labute approximate surface area is 74.7 Å². The molecule has 1 aliphatic carbocycles. The van der Waals surface area contributed by atoms with Gasteiger partial charge >= 0.3 is 0 Å². The highest BCUT2D eigenvalue weighted by atomic mass is 16.2. The van der Waals surface area contributed by atoms with E-state index in [1.165, 1.54) is 0 Å². The van der Waals surface area contributed by atoms with Gasteiger partial charge in [-0.3, -0.25) is 4.79 Å². The molecule has 0 radical (unpaired) electrons. The van der Waals surface area contributed by atoms with Crippen LogP contribution in [0.3, 0.4) is 0 Å². The van der Waals surface area contributed by atoms with Gasteiger partial charge in [-0.1, -0.05) is 13.8 Å². The predicted molar refractivity (Wildman–Crippen MR) is 49.8 cm³/mol. The van der Waals surface area contributed by atoms with Crippen LogP contribution in [0.25, 0.3) is 0 Å². The molecular weight excluding hydrogens is 150 g/mol. The van der Waals surface area contributed by atoms with E-state index in [0.717, 1.165) is 12.8 Å². The van der Waals surface area contributed by atoms with Gasteiger partial charge in [-0.15, -0.1) is 0 Å². The van der Waals surface area contributed by atoms with E-state index in [4.69, 9.17) is 0 Å². The third-order valence-corrected chi connectivity index (χ3v) is 2.40. The molecule has 70 valence electrons. The molecule has 0 bridgehead atoms. The molecule has 1 fully saturated rings. The molecule has 1 rings (SSSR count). The van der Waals surface area contributed by atoms with Crippen LogP contribution in [-0.2, 0) is 4.79 Å². The lowest BCUT2D eigenvalue weighted by molar-refractivity contribution is -0.131. The van der Waals surface area contributed by atoms with E-state index in [2.05, 4.69) is 19.2 Å². The number of amides is 1. The second-order valence-electron chi connectivity index (χ2n) is 4.93. The lowest BCUT2D eigenvalue weighted by Gasteiger charge is -2.41. The van der Waals surface area contributed by atoms with Crippen molar-refractivity contribution >= 4 is 5.91 Å². The third-order valence-electron chi connectivity index (χ3n) is 2.40. The van der Waals surface area contributed by atoms with Gasteiger partial charge in [0.1, 0.15) is 0 Å². The van der Waals surface area contributed by atoms with Crippen molar-refractivity contribution in [3.63, 3.8) is 0 Å². The van der Waals surface area contributed by atoms with Crippen molar-refractivity contribution in [3.05, 3.63) is 0 Å². The normalized spacial score (nSPS) is 22.1. The summed E-state index contributed by atoms with van der Waals surface area (Å²) >= 11 is 0. The first kappa shape index (κ1) is 9.56. The minimum absolute atomic E-state index is 0.240. The van der Waals surface area contributed by atoms with Crippen LogP contribution in [0.1, 0.15) is 40.5 Å². The number of nitrogens with one attached hydrogen (secondary N) is 1. The van der Waals surface area contributed by atoms with Crippen molar-refractivity contribution in [1.29, 1.82) is 0 Å². The maximum atomic E-state index is 11.4. The molecule has 1 N–H and O–H groups in total. The van der Waals surface area contributed by atoms with Gasteiger partial charge in [0, 0.05) is 12.0 Å². The Kier molecular flexibility index (Phi) is 2.45. The standard InChI is InChI=1S/C10H19NO/c1-7(2)11-9(12)8-5-10(3,4)6-8/h7-8H,5-6H2,1-4H3,(H,11,12). The lowest BCUT2D eigenvalue weighted by atomic mass is 9.64. The molecule has 1 amide bonds. The molecular formula is C10H19NO. The Bertz CT molecular complexity index is 176. The monoisotopic (exact) mass is 169 g/mol. The fourth-order valence-electron chi connectivity index (χ4n) is 1.86. The number of hydrogen-bond donors (Lipinski definition) is 1. The summed E-state index contributed by atoms with van der Waals surface area (Å²) in [7, 11) is 0. The zero-order valence-corrected chi connectivity index (χ0v) is 8.48. The first-order chi connectivity index (χ1) is 5.41. The van der Waals surface area contributed by atoms with Crippen molar-refractivity contribution < 1.29 is 4.79 Å². The summed E-state index contributed by atoms with van der Waals surface area (Å²) in [5.41, 5.74) is 0.402. The maximum Gasteiger partial charge on any atom is 0.223 e. The highest BCUT2D eigenvalue weighted by molar-refractivity contribution is 5.79. The smallest absolute Gasteiger partial charge is 0.223 e. The Morgan fingerprint density at radius 3 is 2.25 bits per heavy atom. The van der Waals surface area contributed by atoms with Gasteiger partial charge in [0.15, 0.2) is 0 Å². The average molecular weight is 169 g/mol. The number of carbonyl (C=O) groups is 1. The molecule has 0 spiro atoms. The zero-order valence-electron chi connectivity index (χ0n) is 8.48. The molecule has 0 unspecified atom stereocenters. The van der Waals surface area contributed by atoms with Gasteiger partial charge in [-0.2, -0.15) is 0 Å². The van der Waals surface area contributed by atoms with Crippen molar-refractivity contribution in [2.24, 2.45) is 11.3 Å². The van der Waals surface area contributed by atoms with Crippen molar-refractivity contribution in [2.75, 3.05) is 0 Å². The first-order valence-corrected chi connectivity index (χ1v) is 4.71. The third kappa shape index (κ3) is 2.23. The highest BCUT2D eigenvalue weighted by Gasteiger charge is 2.40. The maximum absolute atomic E-state index is 11.4. The van der Waals surface area contributed by atoms with Crippen LogP contribution in [0.4, 0.5) is 0 Å². The SMILES string of the molecule is CC(C)NC(=O)C1CC(C)(C)C1. The second kappa shape index (κ2) is 3.08. The van der Waals surface area contributed by atoms with E-state index >= 15 is 0 Å². The van der Waals surface area contributed by atoms with Gasteiger partial charge in [0.05, 0.1) is 0 Å². The summed E-state index contributed by atoms with van der Waals surface area (Å²) in [5.74, 6) is 0.520. The molecule has 0 aliphatic heterocycles. The zero-order chi connectivity index (χ0) is 9.35. The van der Waals surface area contributed by atoms with Crippen molar-refractivity contribution in [3.8, 4) is 0 Å². The van der Waals surface area contributed by atoms with Gasteiger partial charge < -0.3 is 5.32 Å². The summed E-state index contributed by atoms with van der Waals surface area (Å²) in [6, 6.07) is 0.279. The van der Waals surface area contributed by atoms with Crippen LogP contribution in [-0.4, -0.2) is 11.9 Å². The van der Waals surface area contributed by atoms with E-state index in [-0.39, 0.29) is 17.9 Å². The largest absolute Gasteiger partial charge is 0.354 e. The van der Waals surface area contributed by atoms with E-state index in [9.17, 15) is 4.79 Å². The number of rotatable bonds is 2. The van der Waals surface area contributed by atoms with Crippen molar-refractivity contribution in [1.82, 2.24) is 5.32 Å². The molecule has 12 heavy (non-hydrogen) atoms. The predicted octanol–water partition coefficient (Wildman–Crippen LogP) is 1.95. The van der Waals surface area contributed by atoms with Crippen molar-refractivity contribution in [2.45, 2.75) is 46.6 Å². The summed E-state index contributed by atoms with van der Waals surface area (Å²) in [5, 5.41) is 2.94. The average Bonchev–Trinajstić information content (AvgIpc) is 1.80. The lowest BCUT2D eigenvalue weighted by Crippen LogP contribution is -2.44. The quantitative estimate of drug-likeness (QED) is 0.672. The van der Waals surface area contributed by atoms with E-state index in [1.54, 1.807) is 0 Å². The molecule has 2 nitrogen and oxygen atoms in total. The Morgan fingerprint density at radius 2 is 1.92 bits per heavy atom. The van der Waals surface area contributed by atoms with Crippen LogP contribution >= 0.6 is 0 Å². The molecule has 0 saturated heterocycles. The summed E-state index contributed by atoms with van der Waals surface area (Å²) in [4.78, 5) is 11.4. The highest BCUT2D eigenvalue weighted by Crippen LogP contribution is 2.44. The van der Waals surface area contributed by atoms with Crippen LogP contribution in [0, 0.1) is 11.3 Å². The summed E-state index contributed by atoms with van der Waals surface area (Å²) in [6.07, 6.45) is 2.09. The molecule has 0 atom stereocenters. The van der Waals surface area contributed by atoms with Crippen LogP contribution in [0.5, 0.6) is 0 Å². The molecule has 0 aromatic heterocycles. The van der Waals surface area contributed by atoms with Gasteiger partial charge in [0.25, 0.3) is 0 Å². The van der Waals surface area contributed by atoms with Crippen LogP contribution < -0.4 is 5.32 Å². The molecule has 0 aromatic rings. The molecule has 1 aliphatic rings. The molecule has 0 aromatic carbocycles. The molecule has 1 saturated carbocycles. The molecule has 2 heteroatoms. The minimum atomic E-state index is 0.240. The second-order valence-corrected chi connectivity index (χ2v) is 4.93. The topological polar surface area (TPSA) is 29.1 Å². The van der Waals surface area contributed by atoms with Crippen LogP contribution in [0.15, 0.2) is 0 Å². The number of hydrogen-bond acceptors (Lipinski definition) is 1. The fraction of sp³-hybridized carbons (Fsp3) is 0.900. The van der Waals surface area contributed by atoms with Gasteiger partial charge in [-0.05, 0) is 32.1 Å². The van der Waals surface area contributed by atoms with E-state index in [1.807, 2.05) is 13.8 Å². The molecule has 0 heterocycles. The summed E-state index contributed by atoms with van der Waals surface area (Å²) < 4.78 is 0. The van der Waals surface area contributed by atoms with Gasteiger partial charge in [-0.25, -0.2) is 0 Å².